The number of hydrogen-bond acceptors (Lipinski definition) is 5. The highest BCUT2D eigenvalue weighted by atomic mass is 32.1. The average Bonchev–Trinajstić information content (AvgIpc) is 3.05. The Morgan fingerprint density at radius 1 is 1.38 bits per heavy atom. The summed E-state index contributed by atoms with van der Waals surface area (Å²) in [5.41, 5.74) is 4.08. The van der Waals surface area contributed by atoms with Gasteiger partial charge in [-0.2, -0.15) is 5.10 Å². The molecule has 0 saturated carbocycles. The lowest BCUT2D eigenvalue weighted by Gasteiger charge is -2.03. The van der Waals surface area contributed by atoms with Gasteiger partial charge in [-0.25, -0.2) is 4.98 Å². The van der Waals surface area contributed by atoms with Crippen molar-refractivity contribution >= 4 is 32.6 Å². The molecule has 2 aromatic heterocycles. The minimum Gasteiger partial charge on any atom is -0.497 e. The van der Waals surface area contributed by atoms with Gasteiger partial charge in [0.1, 0.15) is 5.75 Å². The Balaban J connectivity index is 1.66. The van der Waals surface area contributed by atoms with Crippen LogP contribution < -0.4 is 10.1 Å². The number of nitrogens with one attached hydrogen (secondary N) is 1. The van der Waals surface area contributed by atoms with Gasteiger partial charge in [0.05, 0.1) is 23.0 Å². The summed E-state index contributed by atoms with van der Waals surface area (Å²) in [4.78, 5) is 16.7. The van der Waals surface area contributed by atoms with Crippen molar-refractivity contribution in [1.29, 1.82) is 0 Å². The molecular weight excluding hydrogens is 324 g/mol. The molecule has 1 N–H and O–H groups in total. The number of thiazole rings is 1. The molecule has 0 unspecified atom stereocenters. The van der Waals surface area contributed by atoms with Gasteiger partial charge in [0, 0.05) is 19.2 Å². The summed E-state index contributed by atoms with van der Waals surface area (Å²) in [6.45, 7) is 4.00. The molecule has 3 aromatic rings. The third-order valence-electron chi connectivity index (χ3n) is 4.10. The van der Waals surface area contributed by atoms with Crippen LogP contribution in [0.4, 0.5) is 5.13 Å². The number of aryl methyl sites for hydroxylation is 2. The van der Waals surface area contributed by atoms with Crippen LogP contribution in [0.15, 0.2) is 18.2 Å². The van der Waals surface area contributed by atoms with Gasteiger partial charge in [-0.1, -0.05) is 11.3 Å². The van der Waals surface area contributed by atoms with Crippen molar-refractivity contribution in [3.63, 3.8) is 0 Å². The molecule has 2 heterocycles. The van der Waals surface area contributed by atoms with E-state index in [2.05, 4.69) is 15.4 Å². The van der Waals surface area contributed by atoms with Crippen LogP contribution in [-0.2, 0) is 18.3 Å². The van der Waals surface area contributed by atoms with E-state index in [1.165, 1.54) is 11.3 Å². The van der Waals surface area contributed by atoms with Crippen molar-refractivity contribution < 1.29 is 9.53 Å². The van der Waals surface area contributed by atoms with Crippen LogP contribution in [0.2, 0.25) is 0 Å². The maximum atomic E-state index is 12.2. The van der Waals surface area contributed by atoms with E-state index in [9.17, 15) is 4.79 Å². The second-order valence-corrected chi connectivity index (χ2v) is 6.70. The molecule has 0 aliphatic rings. The maximum Gasteiger partial charge on any atom is 0.226 e. The van der Waals surface area contributed by atoms with Crippen molar-refractivity contribution in [2.45, 2.75) is 26.7 Å². The van der Waals surface area contributed by atoms with E-state index < -0.39 is 0 Å². The lowest BCUT2D eigenvalue weighted by molar-refractivity contribution is -0.116. The van der Waals surface area contributed by atoms with Gasteiger partial charge >= 0.3 is 0 Å². The van der Waals surface area contributed by atoms with Crippen molar-refractivity contribution in [2.75, 3.05) is 12.4 Å². The Labute approximate surface area is 144 Å². The van der Waals surface area contributed by atoms with Crippen molar-refractivity contribution in [1.82, 2.24) is 14.8 Å². The average molecular weight is 344 g/mol. The number of carbonyl (C=O) groups is 1. The Morgan fingerprint density at radius 3 is 2.83 bits per heavy atom. The molecular formula is C17H20N4O2S. The van der Waals surface area contributed by atoms with E-state index in [4.69, 9.17) is 4.74 Å². The van der Waals surface area contributed by atoms with E-state index in [1.807, 2.05) is 43.8 Å². The van der Waals surface area contributed by atoms with Gasteiger partial charge in [-0.3, -0.25) is 9.48 Å². The van der Waals surface area contributed by atoms with Gasteiger partial charge in [-0.05, 0) is 44.0 Å². The van der Waals surface area contributed by atoms with Crippen LogP contribution in [0.3, 0.4) is 0 Å². The number of carbonyl (C=O) groups excluding carboxylic acids is 1. The summed E-state index contributed by atoms with van der Waals surface area (Å²) >= 11 is 1.45. The molecule has 0 spiro atoms. The van der Waals surface area contributed by atoms with Crippen LogP contribution in [-0.4, -0.2) is 27.8 Å². The summed E-state index contributed by atoms with van der Waals surface area (Å²) < 4.78 is 8.05. The normalized spacial score (nSPS) is 11.0. The van der Waals surface area contributed by atoms with E-state index in [-0.39, 0.29) is 5.91 Å². The Hall–Kier alpha value is -2.41. The molecule has 6 nitrogen and oxygen atoms in total. The van der Waals surface area contributed by atoms with Crippen LogP contribution in [0.5, 0.6) is 5.75 Å². The summed E-state index contributed by atoms with van der Waals surface area (Å²) in [5, 5.41) is 7.88. The number of methoxy groups -OCH3 is 1. The Bertz CT molecular complexity index is 898. The smallest absolute Gasteiger partial charge is 0.226 e. The fourth-order valence-electron chi connectivity index (χ4n) is 2.68. The molecule has 1 amide bonds. The number of hydrogen-bond donors (Lipinski definition) is 1. The van der Waals surface area contributed by atoms with Crippen LogP contribution in [0.1, 0.15) is 23.4 Å². The number of rotatable bonds is 5. The van der Waals surface area contributed by atoms with Gasteiger partial charge in [0.2, 0.25) is 5.91 Å². The summed E-state index contributed by atoms with van der Waals surface area (Å²) in [6.07, 6.45) is 1.09. The topological polar surface area (TPSA) is 69.0 Å². The molecule has 7 heteroatoms. The highest BCUT2D eigenvalue weighted by Crippen LogP contribution is 2.29. The number of amides is 1. The van der Waals surface area contributed by atoms with Crippen molar-refractivity contribution in [2.24, 2.45) is 7.05 Å². The second-order valence-electron chi connectivity index (χ2n) is 5.67. The molecule has 0 aliphatic carbocycles. The SMILES string of the molecule is COc1ccc2nc(NC(=O)CCc3c(C)nn(C)c3C)sc2c1. The molecule has 0 fully saturated rings. The quantitative estimate of drug-likeness (QED) is 0.771. The molecule has 1 aromatic carbocycles. The number of benzene rings is 1. The number of fused-ring (bicyclic) bond motifs is 1. The maximum absolute atomic E-state index is 12.2. The zero-order valence-electron chi connectivity index (χ0n) is 14.2. The third kappa shape index (κ3) is 3.26. The zero-order valence-corrected chi connectivity index (χ0v) is 15.0. The second kappa shape index (κ2) is 6.60. The first kappa shape index (κ1) is 16.4. The number of aromatic nitrogens is 3. The molecule has 0 saturated heterocycles. The summed E-state index contributed by atoms with van der Waals surface area (Å²) in [7, 11) is 3.55. The van der Waals surface area contributed by atoms with Crippen LogP contribution in [0.25, 0.3) is 10.2 Å². The summed E-state index contributed by atoms with van der Waals surface area (Å²) in [5.74, 6) is 0.746. The zero-order chi connectivity index (χ0) is 17.3. The highest BCUT2D eigenvalue weighted by molar-refractivity contribution is 7.22. The molecule has 0 bridgehead atoms. The molecule has 0 atom stereocenters. The van der Waals surface area contributed by atoms with Gasteiger partial charge < -0.3 is 10.1 Å². The minimum atomic E-state index is -0.0383. The fourth-order valence-corrected chi connectivity index (χ4v) is 3.60. The first-order valence-electron chi connectivity index (χ1n) is 7.71. The van der Waals surface area contributed by atoms with Crippen molar-refractivity contribution in [3.05, 3.63) is 35.2 Å². The standard InChI is InChI=1S/C17H20N4O2S/c1-10-13(11(2)21(3)20-10)6-8-16(22)19-17-18-14-7-5-12(23-4)9-15(14)24-17/h5,7,9H,6,8H2,1-4H3,(H,18,19,22). The number of anilines is 1. The van der Waals surface area contributed by atoms with E-state index in [0.717, 1.165) is 32.9 Å². The number of ether oxygens (including phenoxy) is 1. The Morgan fingerprint density at radius 2 is 2.17 bits per heavy atom. The lowest BCUT2D eigenvalue weighted by atomic mass is 10.1. The molecule has 0 radical (unpaired) electrons. The monoisotopic (exact) mass is 344 g/mol. The molecule has 0 aliphatic heterocycles. The van der Waals surface area contributed by atoms with E-state index >= 15 is 0 Å². The molecule has 126 valence electrons. The molecule has 3 rings (SSSR count). The first-order chi connectivity index (χ1) is 11.5. The predicted octanol–water partition coefficient (Wildman–Crippen LogP) is 3.23. The first-order valence-corrected chi connectivity index (χ1v) is 8.53. The highest BCUT2D eigenvalue weighted by Gasteiger charge is 2.13. The van der Waals surface area contributed by atoms with Crippen molar-refractivity contribution in [3.8, 4) is 5.75 Å². The fraction of sp³-hybridized carbons (Fsp3) is 0.353. The predicted molar refractivity (Wildman–Crippen MR) is 95.8 cm³/mol. The van der Waals surface area contributed by atoms with Gasteiger partial charge in [0.15, 0.2) is 5.13 Å². The molecule has 24 heavy (non-hydrogen) atoms. The van der Waals surface area contributed by atoms with Crippen LogP contribution in [0, 0.1) is 13.8 Å². The Kier molecular flexibility index (Phi) is 4.53. The lowest BCUT2D eigenvalue weighted by Crippen LogP contribution is -2.12. The largest absolute Gasteiger partial charge is 0.497 e. The number of nitrogens with zero attached hydrogens (tertiary/aromatic N) is 3. The van der Waals surface area contributed by atoms with Gasteiger partial charge in [-0.15, -0.1) is 0 Å². The van der Waals surface area contributed by atoms with Crippen LogP contribution >= 0.6 is 11.3 Å². The van der Waals surface area contributed by atoms with E-state index in [1.54, 1.807) is 7.11 Å². The van der Waals surface area contributed by atoms with E-state index in [0.29, 0.717) is 18.0 Å². The third-order valence-corrected chi connectivity index (χ3v) is 5.04. The summed E-state index contributed by atoms with van der Waals surface area (Å²) in [6, 6.07) is 5.68. The minimum absolute atomic E-state index is 0.0383. The van der Waals surface area contributed by atoms with Gasteiger partial charge in [0.25, 0.3) is 0 Å².